The molecule has 0 saturated heterocycles. The van der Waals surface area contributed by atoms with Crippen LogP contribution in [0.5, 0.6) is 11.5 Å². The van der Waals surface area contributed by atoms with Crippen LogP contribution in [0.15, 0.2) is 72.8 Å². The van der Waals surface area contributed by atoms with Crippen molar-refractivity contribution in [3.63, 3.8) is 0 Å². The lowest BCUT2D eigenvalue weighted by molar-refractivity contribution is 0.0953. The van der Waals surface area contributed by atoms with Gasteiger partial charge in [-0.2, -0.15) is 0 Å². The fourth-order valence-electron chi connectivity index (χ4n) is 3.67. The molecule has 6 nitrogen and oxygen atoms in total. The Bertz CT molecular complexity index is 1200. The summed E-state index contributed by atoms with van der Waals surface area (Å²) in [5.41, 5.74) is 3.47. The molecule has 1 amide bonds. The minimum atomic E-state index is -0.0721. The molecule has 170 valence electrons. The average Bonchev–Trinajstić information content (AvgIpc) is 3.20. The van der Waals surface area contributed by atoms with Gasteiger partial charge in [0.15, 0.2) is 0 Å². The number of unbranched alkanes of at least 4 members (excludes halogenated alkanes) is 1. The van der Waals surface area contributed by atoms with Crippen molar-refractivity contribution in [2.24, 2.45) is 0 Å². The zero-order chi connectivity index (χ0) is 23.0. The van der Waals surface area contributed by atoms with Crippen molar-refractivity contribution in [1.82, 2.24) is 14.9 Å². The molecule has 0 fully saturated rings. The summed E-state index contributed by atoms with van der Waals surface area (Å²) in [5.74, 6) is 2.34. The minimum Gasteiger partial charge on any atom is -0.497 e. The van der Waals surface area contributed by atoms with Crippen LogP contribution in [-0.4, -0.2) is 29.1 Å². The van der Waals surface area contributed by atoms with Gasteiger partial charge in [0.25, 0.3) is 5.91 Å². The molecule has 1 N–H and O–H groups in total. The zero-order valence-electron chi connectivity index (χ0n) is 19.1. The van der Waals surface area contributed by atoms with E-state index in [2.05, 4.69) is 16.8 Å². The number of benzene rings is 3. The smallest absolute Gasteiger partial charge is 0.251 e. The van der Waals surface area contributed by atoms with Crippen LogP contribution in [0, 0.1) is 0 Å². The molecule has 1 aromatic heterocycles. The lowest BCUT2D eigenvalue weighted by atomic mass is 10.1. The van der Waals surface area contributed by atoms with Crippen LogP contribution in [0.2, 0.25) is 0 Å². The highest BCUT2D eigenvalue weighted by Crippen LogP contribution is 2.22. The van der Waals surface area contributed by atoms with Crippen molar-refractivity contribution in [3.8, 4) is 11.5 Å². The Hall–Kier alpha value is -3.80. The molecule has 0 radical (unpaired) electrons. The maximum Gasteiger partial charge on any atom is 0.251 e. The standard InChI is InChI=1S/C27H29N3O3/c1-3-4-16-28-27(31)21-12-15-25-24(17-21)29-26(19-33-23-8-6-5-7-9-23)30(25)18-20-10-13-22(32-2)14-11-20/h5-15,17H,3-4,16,18-19H2,1-2H3,(H,28,31). The third-order valence-electron chi connectivity index (χ3n) is 5.52. The summed E-state index contributed by atoms with van der Waals surface area (Å²) in [4.78, 5) is 17.4. The fraction of sp³-hybridized carbons (Fsp3) is 0.259. The van der Waals surface area contributed by atoms with Gasteiger partial charge in [0.05, 0.1) is 18.1 Å². The number of fused-ring (bicyclic) bond motifs is 1. The van der Waals surface area contributed by atoms with E-state index < -0.39 is 0 Å². The lowest BCUT2D eigenvalue weighted by Gasteiger charge is -2.11. The van der Waals surface area contributed by atoms with E-state index in [9.17, 15) is 4.79 Å². The first-order valence-electron chi connectivity index (χ1n) is 11.3. The number of ether oxygens (including phenoxy) is 2. The lowest BCUT2D eigenvalue weighted by Crippen LogP contribution is -2.24. The van der Waals surface area contributed by atoms with E-state index in [0.29, 0.717) is 25.3 Å². The van der Waals surface area contributed by atoms with Crippen LogP contribution in [0.1, 0.15) is 41.5 Å². The second kappa shape index (κ2) is 10.7. The topological polar surface area (TPSA) is 65.4 Å². The second-order valence-electron chi connectivity index (χ2n) is 7.88. The molecule has 0 aliphatic carbocycles. The van der Waals surface area contributed by atoms with Crippen molar-refractivity contribution in [2.75, 3.05) is 13.7 Å². The van der Waals surface area contributed by atoms with E-state index in [1.165, 1.54) is 0 Å². The number of nitrogens with zero attached hydrogens (tertiary/aromatic N) is 2. The molecule has 4 aromatic rings. The van der Waals surface area contributed by atoms with Crippen molar-refractivity contribution in [3.05, 3.63) is 89.7 Å². The molecule has 0 aliphatic heterocycles. The summed E-state index contributed by atoms with van der Waals surface area (Å²) in [5, 5.41) is 2.97. The van der Waals surface area contributed by atoms with Gasteiger partial charge in [-0.1, -0.05) is 43.7 Å². The first kappa shape index (κ1) is 22.4. The number of imidazole rings is 1. The van der Waals surface area contributed by atoms with Gasteiger partial charge >= 0.3 is 0 Å². The molecule has 0 aliphatic rings. The predicted octanol–water partition coefficient (Wildman–Crippen LogP) is 5.20. The number of nitrogens with one attached hydrogen (secondary N) is 1. The van der Waals surface area contributed by atoms with Gasteiger partial charge < -0.3 is 19.4 Å². The van der Waals surface area contributed by atoms with E-state index in [0.717, 1.165) is 46.8 Å². The van der Waals surface area contributed by atoms with E-state index >= 15 is 0 Å². The summed E-state index contributed by atoms with van der Waals surface area (Å²) in [6.07, 6.45) is 2.01. The summed E-state index contributed by atoms with van der Waals surface area (Å²) in [6.45, 7) is 3.74. The highest BCUT2D eigenvalue weighted by Gasteiger charge is 2.15. The predicted molar refractivity (Wildman–Crippen MR) is 130 cm³/mol. The Morgan fingerprint density at radius 3 is 2.52 bits per heavy atom. The highest BCUT2D eigenvalue weighted by molar-refractivity contribution is 5.97. The van der Waals surface area contributed by atoms with Crippen LogP contribution in [0.4, 0.5) is 0 Å². The van der Waals surface area contributed by atoms with Crippen LogP contribution in [-0.2, 0) is 13.2 Å². The van der Waals surface area contributed by atoms with Gasteiger partial charge in [0.1, 0.15) is 23.9 Å². The van der Waals surface area contributed by atoms with Crippen LogP contribution >= 0.6 is 0 Å². The van der Waals surface area contributed by atoms with Crippen LogP contribution in [0.25, 0.3) is 11.0 Å². The molecule has 0 bridgehead atoms. The Morgan fingerprint density at radius 1 is 1.00 bits per heavy atom. The number of hydrogen-bond acceptors (Lipinski definition) is 4. The maximum absolute atomic E-state index is 12.5. The normalized spacial score (nSPS) is 10.8. The molecule has 1 heterocycles. The summed E-state index contributed by atoms with van der Waals surface area (Å²) < 4.78 is 13.4. The van der Waals surface area contributed by atoms with Gasteiger partial charge in [0, 0.05) is 18.7 Å². The molecule has 4 rings (SSSR count). The maximum atomic E-state index is 12.5. The van der Waals surface area contributed by atoms with Crippen molar-refractivity contribution in [1.29, 1.82) is 0 Å². The largest absolute Gasteiger partial charge is 0.497 e. The molecule has 6 heteroatoms. The van der Waals surface area contributed by atoms with E-state index in [1.54, 1.807) is 7.11 Å². The highest BCUT2D eigenvalue weighted by atomic mass is 16.5. The number of carbonyl (C=O) groups excluding carboxylic acids is 1. The average molecular weight is 444 g/mol. The van der Waals surface area contributed by atoms with Crippen LogP contribution < -0.4 is 14.8 Å². The van der Waals surface area contributed by atoms with Crippen molar-refractivity contribution < 1.29 is 14.3 Å². The number of para-hydroxylation sites is 1. The summed E-state index contributed by atoms with van der Waals surface area (Å²) in [6, 6.07) is 23.4. The Kier molecular flexibility index (Phi) is 7.25. The molecule has 0 atom stereocenters. The van der Waals surface area contributed by atoms with Crippen molar-refractivity contribution >= 4 is 16.9 Å². The quantitative estimate of drug-likeness (QED) is 0.342. The zero-order valence-corrected chi connectivity index (χ0v) is 19.1. The van der Waals surface area contributed by atoms with Gasteiger partial charge in [-0.25, -0.2) is 4.98 Å². The van der Waals surface area contributed by atoms with E-state index in [4.69, 9.17) is 14.5 Å². The number of amides is 1. The molecule has 0 unspecified atom stereocenters. The minimum absolute atomic E-state index is 0.0721. The van der Waals surface area contributed by atoms with Crippen molar-refractivity contribution in [2.45, 2.75) is 32.9 Å². The molecular weight excluding hydrogens is 414 g/mol. The molecule has 0 saturated carbocycles. The second-order valence-corrected chi connectivity index (χ2v) is 7.88. The van der Waals surface area contributed by atoms with E-state index in [-0.39, 0.29) is 5.91 Å². The molecule has 33 heavy (non-hydrogen) atoms. The molecule has 0 spiro atoms. The molecule has 3 aromatic carbocycles. The van der Waals surface area contributed by atoms with Crippen LogP contribution in [0.3, 0.4) is 0 Å². The Morgan fingerprint density at radius 2 is 1.79 bits per heavy atom. The monoisotopic (exact) mass is 443 g/mol. The third-order valence-corrected chi connectivity index (χ3v) is 5.52. The molecular formula is C27H29N3O3. The first-order valence-corrected chi connectivity index (χ1v) is 11.3. The number of hydrogen-bond donors (Lipinski definition) is 1. The fourth-order valence-corrected chi connectivity index (χ4v) is 3.67. The number of rotatable bonds is 10. The summed E-state index contributed by atoms with van der Waals surface area (Å²) in [7, 11) is 1.66. The third kappa shape index (κ3) is 5.52. The van der Waals surface area contributed by atoms with Gasteiger partial charge in [0.2, 0.25) is 0 Å². The number of carbonyl (C=O) groups is 1. The summed E-state index contributed by atoms with van der Waals surface area (Å²) >= 11 is 0. The Balaban J connectivity index is 1.64. The van der Waals surface area contributed by atoms with Gasteiger partial charge in [-0.3, -0.25) is 4.79 Å². The SMILES string of the molecule is CCCCNC(=O)c1ccc2c(c1)nc(COc1ccccc1)n2Cc1ccc(OC)cc1. The van der Waals surface area contributed by atoms with Gasteiger partial charge in [-0.15, -0.1) is 0 Å². The van der Waals surface area contributed by atoms with Gasteiger partial charge in [-0.05, 0) is 54.4 Å². The first-order chi connectivity index (χ1) is 16.2. The number of aromatic nitrogens is 2. The van der Waals surface area contributed by atoms with E-state index in [1.807, 2.05) is 72.8 Å². The number of methoxy groups -OCH3 is 1. The Labute approximate surface area is 194 Å².